The molecule has 26 heavy (non-hydrogen) atoms. The van der Waals surface area contributed by atoms with Crippen LogP contribution in [0.4, 0.5) is 15.6 Å². The second-order valence-corrected chi connectivity index (χ2v) is 7.95. The SMILES string of the molecule is Cc1nc(NC(=O)Nc2ccc(Cl)cc2)sc1C(=O)N1CCCC(C)C1. The first kappa shape index (κ1) is 18.7. The van der Waals surface area contributed by atoms with E-state index < -0.39 is 6.03 Å². The summed E-state index contributed by atoms with van der Waals surface area (Å²) in [7, 11) is 0. The number of aryl methyl sites for hydroxylation is 1. The lowest BCUT2D eigenvalue weighted by molar-refractivity contribution is 0.0687. The molecule has 0 spiro atoms. The number of aromatic nitrogens is 1. The summed E-state index contributed by atoms with van der Waals surface area (Å²) in [5.74, 6) is 0.515. The summed E-state index contributed by atoms with van der Waals surface area (Å²) in [6.45, 7) is 5.50. The Balaban J connectivity index is 1.64. The summed E-state index contributed by atoms with van der Waals surface area (Å²) in [5, 5.41) is 6.40. The number of halogens is 1. The second-order valence-electron chi connectivity index (χ2n) is 6.52. The summed E-state index contributed by atoms with van der Waals surface area (Å²) in [5.41, 5.74) is 1.26. The van der Waals surface area contributed by atoms with Gasteiger partial charge < -0.3 is 10.2 Å². The van der Waals surface area contributed by atoms with E-state index in [1.165, 1.54) is 11.3 Å². The zero-order valence-corrected chi connectivity index (χ0v) is 16.3. The smallest absolute Gasteiger partial charge is 0.325 e. The number of likely N-dealkylation sites (tertiary alicyclic amines) is 1. The Morgan fingerprint density at radius 3 is 2.69 bits per heavy atom. The first-order chi connectivity index (χ1) is 12.4. The summed E-state index contributed by atoms with van der Waals surface area (Å²) >= 11 is 7.04. The maximum atomic E-state index is 12.7. The highest BCUT2D eigenvalue weighted by atomic mass is 35.5. The maximum Gasteiger partial charge on any atom is 0.325 e. The molecule has 2 aromatic rings. The first-order valence-electron chi connectivity index (χ1n) is 8.52. The number of nitrogens with zero attached hydrogens (tertiary/aromatic N) is 2. The minimum absolute atomic E-state index is 0.00212. The topological polar surface area (TPSA) is 74.3 Å². The molecule has 1 aromatic heterocycles. The van der Waals surface area contributed by atoms with Crippen LogP contribution >= 0.6 is 22.9 Å². The summed E-state index contributed by atoms with van der Waals surface area (Å²) in [4.78, 5) is 31.6. The molecule has 3 amide bonds. The van der Waals surface area contributed by atoms with E-state index in [4.69, 9.17) is 11.6 Å². The normalized spacial score (nSPS) is 17.0. The van der Waals surface area contributed by atoms with Crippen molar-refractivity contribution in [2.45, 2.75) is 26.7 Å². The number of piperidine rings is 1. The maximum absolute atomic E-state index is 12.7. The summed E-state index contributed by atoms with van der Waals surface area (Å²) in [6, 6.07) is 6.40. The van der Waals surface area contributed by atoms with Crippen LogP contribution in [-0.4, -0.2) is 34.9 Å². The fourth-order valence-electron chi connectivity index (χ4n) is 2.96. The van der Waals surface area contributed by atoms with Gasteiger partial charge in [0.1, 0.15) is 4.88 Å². The lowest BCUT2D eigenvalue weighted by atomic mass is 10.0. The van der Waals surface area contributed by atoms with Gasteiger partial charge in [0.2, 0.25) is 0 Å². The van der Waals surface area contributed by atoms with Crippen molar-refractivity contribution in [3.8, 4) is 0 Å². The van der Waals surface area contributed by atoms with Gasteiger partial charge in [-0.3, -0.25) is 10.1 Å². The van der Waals surface area contributed by atoms with Crippen molar-refractivity contribution in [1.82, 2.24) is 9.88 Å². The molecule has 0 bridgehead atoms. The van der Waals surface area contributed by atoms with E-state index in [0.717, 1.165) is 25.9 Å². The zero-order valence-electron chi connectivity index (χ0n) is 14.7. The predicted molar refractivity (Wildman–Crippen MR) is 105 cm³/mol. The number of urea groups is 1. The van der Waals surface area contributed by atoms with Gasteiger partial charge in [-0.15, -0.1) is 0 Å². The molecule has 6 nitrogen and oxygen atoms in total. The van der Waals surface area contributed by atoms with Gasteiger partial charge in [0.05, 0.1) is 5.69 Å². The van der Waals surface area contributed by atoms with Crippen LogP contribution in [0.3, 0.4) is 0 Å². The van der Waals surface area contributed by atoms with Gasteiger partial charge in [-0.25, -0.2) is 9.78 Å². The fraction of sp³-hybridized carbons (Fsp3) is 0.389. The molecule has 1 fully saturated rings. The van der Waals surface area contributed by atoms with E-state index in [0.29, 0.717) is 32.3 Å². The van der Waals surface area contributed by atoms with Crippen molar-refractivity contribution < 1.29 is 9.59 Å². The standard InChI is InChI=1S/C18H21ClN4O2S/c1-11-4-3-9-23(10-11)16(24)15-12(2)20-18(26-15)22-17(25)21-14-7-5-13(19)6-8-14/h5-8,11H,3-4,9-10H2,1-2H3,(H2,20,21,22,25). The molecule has 3 rings (SSSR count). The highest BCUT2D eigenvalue weighted by Gasteiger charge is 2.25. The molecule has 1 aromatic carbocycles. The summed E-state index contributed by atoms with van der Waals surface area (Å²) < 4.78 is 0. The number of amides is 3. The van der Waals surface area contributed by atoms with Crippen molar-refractivity contribution in [3.63, 3.8) is 0 Å². The molecule has 1 atom stereocenters. The first-order valence-corrected chi connectivity index (χ1v) is 9.72. The van der Waals surface area contributed by atoms with Crippen molar-refractivity contribution in [2.75, 3.05) is 23.7 Å². The van der Waals surface area contributed by atoms with Gasteiger partial charge in [-0.1, -0.05) is 29.9 Å². The number of benzene rings is 1. The molecule has 8 heteroatoms. The van der Waals surface area contributed by atoms with Crippen LogP contribution in [-0.2, 0) is 0 Å². The number of carbonyl (C=O) groups is 2. The Bertz CT molecular complexity index is 806. The lowest BCUT2D eigenvalue weighted by Crippen LogP contribution is -2.39. The molecule has 0 aliphatic carbocycles. The van der Waals surface area contributed by atoms with Gasteiger partial charge >= 0.3 is 6.03 Å². The Kier molecular flexibility index (Phi) is 5.78. The minimum Gasteiger partial charge on any atom is -0.338 e. The Morgan fingerprint density at radius 2 is 2.00 bits per heavy atom. The number of hydrogen-bond donors (Lipinski definition) is 2. The third-order valence-corrected chi connectivity index (χ3v) is 5.57. The number of anilines is 2. The fourth-order valence-corrected chi connectivity index (χ4v) is 4.01. The molecule has 0 saturated carbocycles. The molecular formula is C18H21ClN4O2S. The van der Waals surface area contributed by atoms with Crippen LogP contribution in [0.1, 0.15) is 35.1 Å². The monoisotopic (exact) mass is 392 g/mol. The number of nitrogens with one attached hydrogen (secondary N) is 2. The van der Waals surface area contributed by atoms with E-state index in [9.17, 15) is 9.59 Å². The van der Waals surface area contributed by atoms with Gasteiger partial charge in [0.25, 0.3) is 5.91 Å². The molecular weight excluding hydrogens is 372 g/mol. The average molecular weight is 393 g/mol. The predicted octanol–water partition coefficient (Wildman–Crippen LogP) is 4.62. The Hall–Kier alpha value is -2.12. The average Bonchev–Trinajstić information content (AvgIpc) is 2.96. The van der Waals surface area contributed by atoms with Crippen LogP contribution in [0, 0.1) is 12.8 Å². The molecule has 1 unspecified atom stereocenters. The number of hydrogen-bond acceptors (Lipinski definition) is 4. The van der Waals surface area contributed by atoms with Crippen LogP contribution in [0.5, 0.6) is 0 Å². The van der Waals surface area contributed by atoms with E-state index >= 15 is 0 Å². The van der Waals surface area contributed by atoms with Crippen LogP contribution < -0.4 is 10.6 Å². The lowest BCUT2D eigenvalue weighted by Gasteiger charge is -2.30. The van der Waals surface area contributed by atoms with Gasteiger partial charge in [0.15, 0.2) is 5.13 Å². The molecule has 1 saturated heterocycles. The molecule has 2 N–H and O–H groups in total. The Morgan fingerprint density at radius 1 is 1.27 bits per heavy atom. The summed E-state index contributed by atoms with van der Waals surface area (Å²) in [6.07, 6.45) is 2.18. The van der Waals surface area contributed by atoms with Crippen molar-refractivity contribution >= 4 is 45.7 Å². The molecule has 1 aliphatic rings. The Labute approximate surface area is 161 Å². The third-order valence-electron chi connectivity index (χ3n) is 4.26. The largest absolute Gasteiger partial charge is 0.338 e. The van der Waals surface area contributed by atoms with Gasteiger partial charge in [0, 0.05) is 23.8 Å². The minimum atomic E-state index is -0.410. The van der Waals surface area contributed by atoms with E-state index in [2.05, 4.69) is 22.5 Å². The highest BCUT2D eigenvalue weighted by Crippen LogP contribution is 2.26. The second kappa shape index (κ2) is 8.05. The number of thiazole rings is 1. The van der Waals surface area contributed by atoms with Gasteiger partial charge in [-0.2, -0.15) is 0 Å². The van der Waals surface area contributed by atoms with E-state index in [1.54, 1.807) is 31.2 Å². The quantitative estimate of drug-likeness (QED) is 0.800. The third kappa shape index (κ3) is 4.53. The van der Waals surface area contributed by atoms with Crippen molar-refractivity contribution in [3.05, 3.63) is 39.9 Å². The molecule has 1 aliphatic heterocycles. The van der Waals surface area contributed by atoms with Crippen molar-refractivity contribution in [1.29, 1.82) is 0 Å². The number of carbonyl (C=O) groups excluding carboxylic acids is 2. The van der Waals surface area contributed by atoms with Crippen LogP contribution in [0.15, 0.2) is 24.3 Å². The van der Waals surface area contributed by atoms with E-state index in [1.807, 2.05) is 4.90 Å². The molecule has 0 radical (unpaired) electrons. The van der Waals surface area contributed by atoms with Crippen molar-refractivity contribution in [2.24, 2.45) is 5.92 Å². The van der Waals surface area contributed by atoms with Crippen LogP contribution in [0.2, 0.25) is 5.02 Å². The zero-order chi connectivity index (χ0) is 18.7. The van der Waals surface area contributed by atoms with Gasteiger partial charge in [-0.05, 0) is 49.9 Å². The highest BCUT2D eigenvalue weighted by molar-refractivity contribution is 7.17. The van der Waals surface area contributed by atoms with Crippen LogP contribution in [0.25, 0.3) is 0 Å². The van der Waals surface area contributed by atoms with E-state index in [-0.39, 0.29) is 5.91 Å². The number of rotatable bonds is 3. The molecule has 2 heterocycles. The molecule has 138 valence electrons.